The summed E-state index contributed by atoms with van der Waals surface area (Å²) >= 11 is 0. The van der Waals surface area contributed by atoms with Crippen molar-refractivity contribution in [2.75, 3.05) is 0 Å². The number of H-pyrrole nitrogens is 1. The molecule has 0 spiro atoms. The lowest BCUT2D eigenvalue weighted by Crippen LogP contribution is -2.55. The van der Waals surface area contributed by atoms with Gasteiger partial charge in [0.1, 0.15) is 6.04 Å². The fourth-order valence-corrected chi connectivity index (χ4v) is 4.85. The molecular weight excluding hydrogens is 540 g/mol. The molecule has 11 nitrogen and oxygen atoms in total. The number of carbonyl (C=O) groups is 4. The van der Waals surface area contributed by atoms with Crippen LogP contribution in [0.5, 0.6) is 0 Å². The van der Waals surface area contributed by atoms with Gasteiger partial charge in [0.2, 0.25) is 11.8 Å². The molecule has 42 heavy (non-hydrogen) atoms. The van der Waals surface area contributed by atoms with Gasteiger partial charge in [0.15, 0.2) is 6.10 Å². The number of amides is 2. The minimum atomic E-state index is -1.83. The van der Waals surface area contributed by atoms with E-state index in [0.29, 0.717) is 5.69 Å². The number of aliphatic hydroxyl groups is 1. The molecule has 3 rings (SSSR count). The summed E-state index contributed by atoms with van der Waals surface area (Å²) in [4.78, 5) is 58.4. The molecule has 2 aromatic carbocycles. The van der Waals surface area contributed by atoms with Crippen molar-refractivity contribution in [2.24, 2.45) is 11.8 Å². The lowest BCUT2D eigenvalue weighted by Gasteiger charge is -2.27. The van der Waals surface area contributed by atoms with Gasteiger partial charge in [-0.3, -0.25) is 14.4 Å². The third kappa shape index (κ3) is 9.41. The highest BCUT2D eigenvalue weighted by Crippen LogP contribution is 2.23. The Labute approximate surface area is 245 Å². The number of hydrogen-bond acceptors (Lipinski definition) is 7. The maximum atomic E-state index is 13.8. The SMILES string of the molecule is CC(C)C[C@H](NC(=O)[C@H](Cc1cnc[nH]1)NC(=O)C(CC(=O)OC(C)C)Cc1cccc2ccccc12)C(O)C(=O)O. The van der Waals surface area contributed by atoms with Crippen molar-refractivity contribution < 1.29 is 34.1 Å². The number of fused-ring (bicyclic) bond motifs is 1. The number of imidazole rings is 1. The normalized spacial score (nSPS) is 14.3. The fourth-order valence-electron chi connectivity index (χ4n) is 4.85. The Hall–Kier alpha value is -4.25. The summed E-state index contributed by atoms with van der Waals surface area (Å²) in [6, 6.07) is 11.2. The molecule has 2 amide bonds. The summed E-state index contributed by atoms with van der Waals surface area (Å²) < 4.78 is 5.34. The van der Waals surface area contributed by atoms with E-state index in [1.165, 1.54) is 12.5 Å². The second kappa shape index (κ2) is 15.1. The second-order valence-corrected chi connectivity index (χ2v) is 11.2. The first kappa shape index (κ1) is 32.3. The van der Waals surface area contributed by atoms with Gasteiger partial charge in [0, 0.05) is 18.3 Å². The fraction of sp³-hybridized carbons (Fsp3) is 0.452. The van der Waals surface area contributed by atoms with Gasteiger partial charge in [-0.1, -0.05) is 56.3 Å². The van der Waals surface area contributed by atoms with Crippen LogP contribution in [0.1, 0.15) is 51.8 Å². The first-order valence-electron chi connectivity index (χ1n) is 14.1. The number of hydrogen-bond donors (Lipinski definition) is 5. The van der Waals surface area contributed by atoms with E-state index in [1.54, 1.807) is 13.8 Å². The number of carboxylic acid groups (broad SMARTS) is 1. The monoisotopic (exact) mass is 580 g/mol. The van der Waals surface area contributed by atoms with Crippen LogP contribution in [0.25, 0.3) is 10.8 Å². The second-order valence-electron chi connectivity index (χ2n) is 11.2. The van der Waals surface area contributed by atoms with E-state index < -0.39 is 47.9 Å². The van der Waals surface area contributed by atoms with Crippen LogP contribution in [-0.4, -0.2) is 68.2 Å². The standard InChI is InChI=1S/C31H40N4O7/c1-18(2)12-25(28(37)31(40)41)34-30(39)26(15-23-16-32-17-33-23)35-29(38)22(14-27(36)42-19(3)4)13-21-10-7-9-20-8-5-6-11-24(20)21/h5-11,16-19,22,25-26,28,37H,12-15H2,1-4H3,(H,32,33)(H,34,39)(H,35,38)(H,40,41)/t22?,25-,26-,28?/m0/s1. The zero-order valence-corrected chi connectivity index (χ0v) is 24.4. The number of benzene rings is 2. The summed E-state index contributed by atoms with van der Waals surface area (Å²) in [5, 5.41) is 26.9. The number of nitrogens with zero attached hydrogens (tertiary/aromatic N) is 1. The van der Waals surface area contributed by atoms with Crippen molar-refractivity contribution in [1.29, 1.82) is 0 Å². The number of carbonyl (C=O) groups excluding carboxylic acids is 3. The van der Waals surface area contributed by atoms with Gasteiger partial charge in [-0.2, -0.15) is 0 Å². The van der Waals surface area contributed by atoms with Crippen LogP contribution in [0, 0.1) is 11.8 Å². The maximum absolute atomic E-state index is 13.8. The first-order chi connectivity index (χ1) is 19.9. The molecule has 0 saturated carbocycles. The number of aliphatic carboxylic acids is 1. The molecule has 11 heteroatoms. The Morgan fingerprint density at radius 2 is 1.67 bits per heavy atom. The molecule has 1 heterocycles. The average Bonchev–Trinajstić information content (AvgIpc) is 3.44. The molecule has 3 aromatic rings. The van der Waals surface area contributed by atoms with Gasteiger partial charge in [0.25, 0.3) is 0 Å². The predicted molar refractivity (Wildman–Crippen MR) is 156 cm³/mol. The Morgan fingerprint density at radius 1 is 0.952 bits per heavy atom. The van der Waals surface area contributed by atoms with E-state index in [2.05, 4.69) is 20.6 Å². The lowest BCUT2D eigenvalue weighted by molar-refractivity contribution is -0.150. The molecule has 4 atom stereocenters. The highest BCUT2D eigenvalue weighted by atomic mass is 16.5. The number of carboxylic acids is 1. The maximum Gasteiger partial charge on any atom is 0.334 e. The van der Waals surface area contributed by atoms with Crippen molar-refractivity contribution in [3.8, 4) is 0 Å². The highest BCUT2D eigenvalue weighted by Gasteiger charge is 2.33. The molecule has 0 radical (unpaired) electrons. The molecule has 0 aliphatic heterocycles. The van der Waals surface area contributed by atoms with Crippen LogP contribution in [0.4, 0.5) is 0 Å². The van der Waals surface area contributed by atoms with Crippen LogP contribution >= 0.6 is 0 Å². The van der Waals surface area contributed by atoms with Crippen molar-refractivity contribution in [1.82, 2.24) is 20.6 Å². The molecule has 5 N–H and O–H groups in total. The number of aromatic nitrogens is 2. The molecule has 1 aromatic heterocycles. The molecular formula is C31H40N4O7. The molecule has 0 saturated heterocycles. The summed E-state index contributed by atoms with van der Waals surface area (Å²) in [6.45, 7) is 7.13. The quantitative estimate of drug-likeness (QED) is 0.171. The lowest BCUT2D eigenvalue weighted by atomic mass is 9.91. The number of esters is 1. The third-order valence-electron chi connectivity index (χ3n) is 6.80. The molecule has 0 aliphatic rings. The van der Waals surface area contributed by atoms with Crippen LogP contribution in [0.2, 0.25) is 0 Å². The van der Waals surface area contributed by atoms with E-state index >= 15 is 0 Å². The van der Waals surface area contributed by atoms with Crippen LogP contribution in [-0.2, 0) is 36.8 Å². The number of nitrogens with one attached hydrogen (secondary N) is 3. The minimum Gasteiger partial charge on any atom is -0.479 e. The van der Waals surface area contributed by atoms with Crippen molar-refractivity contribution in [3.05, 3.63) is 66.2 Å². The van der Waals surface area contributed by atoms with E-state index in [-0.39, 0.29) is 37.7 Å². The minimum absolute atomic E-state index is 0.0204. The van der Waals surface area contributed by atoms with E-state index in [4.69, 9.17) is 4.74 Å². The molecule has 2 unspecified atom stereocenters. The third-order valence-corrected chi connectivity index (χ3v) is 6.80. The molecule has 226 valence electrons. The largest absolute Gasteiger partial charge is 0.479 e. The van der Waals surface area contributed by atoms with Gasteiger partial charge in [-0.05, 0) is 48.9 Å². The summed E-state index contributed by atoms with van der Waals surface area (Å²) in [5.74, 6) is -4.10. The Balaban J connectivity index is 1.89. The van der Waals surface area contributed by atoms with Crippen molar-refractivity contribution in [3.63, 3.8) is 0 Å². The van der Waals surface area contributed by atoms with Crippen molar-refractivity contribution in [2.45, 2.75) is 77.7 Å². The zero-order valence-electron chi connectivity index (χ0n) is 24.4. The van der Waals surface area contributed by atoms with Gasteiger partial charge in [-0.25, -0.2) is 9.78 Å². The van der Waals surface area contributed by atoms with E-state index in [1.807, 2.05) is 56.3 Å². The van der Waals surface area contributed by atoms with E-state index in [0.717, 1.165) is 16.3 Å². The average molecular weight is 581 g/mol. The number of ether oxygens (including phenoxy) is 1. The van der Waals surface area contributed by atoms with Crippen LogP contribution < -0.4 is 10.6 Å². The van der Waals surface area contributed by atoms with Gasteiger partial charge >= 0.3 is 11.9 Å². The zero-order chi connectivity index (χ0) is 30.8. The van der Waals surface area contributed by atoms with Gasteiger partial charge < -0.3 is 30.6 Å². The first-order valence-corrected chi connectivity index (χ1v) is 14.1. The Kier molecular flexibility index (Phi) is 11.6. The number of aliphatic hydroxyl groups excluding tert-OH is 1. The Morgan fingerprint density at radius 3 is 2.31 bits per heavy atom. The summed E-state index contributed by atoms with van der Waals surface area (Å²) in [5.41, 5.74) is 1.42. The topological polar surface area (TPSA) is 171 Å². The smallest absolute Gasteiger partial charge is 0.334 e. The van der Waals surface area contributed by atoms with Crippen LogP contribution in [0.15, 0.2) is 55.0 Å². The molecule has 0 fully saturated rings. The van der Waals surface area contributed by atoms with E-state index in [9.17, 15) is 29.4 Å². The van der Waals surface area contributed by atoms with Gasteiger partial charge in [-0.15, -0.1) is 0 Å². The number of aromatic amines is 1. The predicted octanol–water partition coefficient (Wildman–Crippen LogP) is 2.77. The number of rotatable bonds is 15. The summed E-state index contributed by atoms with van der Waals surface area (Å²) in [7, 11) is 0. The molecule has 0 bridgehead atoms. The van der Waals surface area contributed by atoms with Crippen LogP contribution in [0.3, 0.4) is 0 Å². The Bertz CT molecular complexity index is 1350. The van der Waals surface area contributed by atoms with Crippen molar-refractivity contribution >= 4 is 34.5 Å². The van der Waals surface area contributed by atoms with Gasteiger partial charge in [0.05, 0.1) is 30.8 Å². The highest BCUT2D eigenvalue weighted by molar-refractivity contribution is 5.92. The summed E-state index contributed by atoms with van der Waals surface area (Å²) in [6.07, 6.45) is 0.985. The molecule has 0 aliphatic carbocycles.